The second-order valence-corrected chi connectivity index (χ2v) is 4.86. The van der Waals surface area contributed by atoms with Crippen molar-refractivity contribution < 1.29 is 19.6 Å². The lowest BCUT2D eigenvalue weighted by atomic mass is 10.1. The zero-order valence-corrected chi connectivity index (χ0v) is 12.4. The maximum atomic E-state index is 12.0. The number of nitro groups is 1. The Balaban J connectivity index is 2.04. The van der Waals surface area contributed by atoms with Gasteiger partial charge in [-0.2, -0.15) is 0 Å². The molecule has 0 saturated carbocycles. The number of hydrogen-bond acceptors (Lipinski definition) is 5. The van der Waals surface area contributed by atoms with Crippen LogP contribution in [0, 0.1) is 10.1 Å². The molecule has 1 N–H and O–H groups in total. The minimum Gasteiger partial charge on any atom is -0.872 e. The third-order valence-electron chi connectivity index (χ3n) is 3.22. The number of nitrogens with one attached hydrogen (secondary N) is 1. The highest BCUT2D eigenvalue weighted by atomic mass is 16.6. The van der Waals surface area contributed by atoms with E-state index >= 15 is 0 Å². The third-order valence-corrected chi connectivity index (χ3v) is 3.22. The van der Waals surface area contributed by atoms with E-state index in [1.54, 1.807) is 31.4 Å². The molecular formula is C16H15N2O5-. The third kappa shape index (κ3) is 4.27. The van der Waals surface area contributed by atoms with Crippen LogP contribution in [0.1, 0.15) is 21.5 Å². The van der Waals surface area contributed by atoms with E-state index in [1.807, 2.05) is 0 Å². The maximum Gasteiger partial charge on any atom is 0.269 e. The fraction of sp³-hybridized carbons (Fsp3) is 0.188. The number of amides is 1. The van der Waals surface area contributed by atoms with Gasteiger partial charge < -0.3 is 15.2 Å². The highest BCUT2D eigenvalue weighted by Gasteiger charge is 2.09. The minimum atomic E-state index is -0.584. The Kier molecular flexibility index (Phi) is 5.27. The van der Waals surface area contributed by atoms with E-state index in [2.05, 4.69) is 5.32 Å². The van der Waals surface area contributed by atoms with Crippen molar-refractivity contribution >= 4 is 11.6 Å². The second kappa shape index (κ2) is 7.37. The van der Waals surface area contributed by atoms with E-state index in [-0.39, 0.29) is 29.5 Å². The lowest BCUT2D eigenvalue weighted by Gasteiger charge is -2.13. The summed E-state index contributed by atoms with van der Waals surface area (Å²) < 4.78 is 4.99. The van der Waals surface area contributed by atoms with Crippen molar-refractivity contribution in [2.24, 2.45) is 0 Å². The molecule has 0 spiro atoms. The van der Waals surface area contributed by atoms with Gasteiger partial charge in [-0.15, -0.1) is 5.75 Å². The van der Waals surface area contributed by atoms with E-state index in [0.717, 1.165) is 17.7 Å². The molecule has 120 valence electrons. The number of ether oxygens (including phenoxy) is 1. The molecule has 0 saturated heterocycles. The number of methoxy groups -OCH3 is 1. The summed E-state index contributed by atoms with van der Waals surface area (Å²) in [6, 6.07) is 10.3. The van der Waals surface area contributed by atoms with Gasteiger partial charge in [0.2, 0.25) is 0 Å². The molecule has 0 aliphatic heterocycles. The van der Waals surface area contributed by atoms with Crippen molar-refractivity contribution in [1.29, 1.82) is 0 Å². The molecule has 7 heteroatoms. The highest BCUT2D eigenvalue weighted by molar-refractivity contribution is 5.94. The molecule has 0 aromatic heterocycles. The summed E-state index contributed by atoms with van der Waals surface area (Å²) in [4.78, 5) is 22.2. The standard InChI is InChI=1S/C16H16N2O5/c1-23-10-11-2-4-12(5-3-11)16(20)17-9-13-8-14(18(21)22)6-7-15(13)19/h2-8,19H,9-10H2,1H3,(H,17,20)/p-1. The van der Waals surface area contributed by atoms with Gasteiger partial charge in [-0.05, 0) is 23.3 Å². The summed E-state index contributed by atoms with van der Waals surface area (Å²) in [6.45, 7) is 0.383. The average molecular weight is 315 g/mol. The van der Waals surface area contributed by atoms with Crippen LogP contribution in [0.3, 0.4) is 0 Å². The fourth-order valence-electron chi connectivity index (χ4n) is 2.01. The number of hydrogen-bond donors (Lipinski definition) is 1. The fourth-order valence-corrected chi connectivity index (χ4v) is 2.01. The smallest absolute Gasteiger partial charge is 0.269 e. The SMILES string of the molecule is COCc1ccc(C(=O)NCc2cc([N+](=O)[O-])ccc2[O-])cc1. The van der Waals surface area contributed by atoms with E-state index in [0.29, 0.717) is 12.2 Å². The molecule has 0 bridgehead atoms. The summed E-state index contributed by atoms with van der Waals surface area (Å²) in [5.74, 6) is -0.716. The normalized spacial score (nSPS) is 10.3. The number of benzene rings is 2. The van der Waals surface area contributed by atoms with Crippen LogP contribution >= 0.6 is 0 Å². The summed E-state index contributed by atoms with van der Waals surface area (Å²) in [5.41, 5.74) is 1.36. The molecule has 7 nitrogen and oxygen atoms in total. The van der Waals surface area contributed by atoms with Gasteiger partial charge in [-0.3, -0.25) is 14.9 Å². The van der Waals surface area contributed by atoms with Gasteiger partial charge in [0.15, 0.2) is 0 Å². The van der Waals surface area contributed by atoms with Gasteiger partial charge in [-0.25, -0.2) is 0 Å². The van der Waals surface area contributed by atoms with Crippen LogP contribution < -0.4 is 10.4 Å². The Morgan fingerprint density at radius 1 is 1.22 bits per heavy atom. The van der Waals surface area contributed by atoms with Crippen LogP contribution in [0.15, 0.2) is 42.5 Å². The van der Waals surface area contributed by atoms with Crippen molar-refractivity contribution in [2.45, 2.75) is 13.2 Å². The van der Waals surface area contributed by atoms with E-state index in [1.165, 1.54) is 6.07 Å². The predicted octanol–water partition coefficient (Wildman–Crippen LogP) is 1.74. The molecule has 0 atom stereocenters. The number of carbonyl (C=O) groups is 1. The van der Waals surface area contributed by atoms with Gasteiger partial charge in [0, 0.05) is 31.4 Å². The number of rotatable bonds is 6. The van der Waals surface area contributed by atoms with E-state index in [4.69, 9.17) is 4.74 Å². The quantitative estimate of drug-likeness (QED) is 0.646. The first kappa shape index (κ1) is 16.4. The Hall–Kier alpha value is -2.93. The summed E-state index contributed by atoms with van der Waals surface area (Å²) in [5, 5.41) is 25.0. The molecule has 0 aliphatic rings. The summed E-state index contributed by atoms with van der Waals surface area (Å²) in [7, 11) is 1.58. The maximum absolute atomic E-state index is 12.0. The molecule has 0 fully saturated rings. The number of nitro benzene ring substituents is 1. The number of nitrogens with zero attached hydrogens (tertiary/aromatic N) is 1. The molecule has 23 heavy (non-hydrogen) atoms. The molecule has 0 heterocycles. The van der Waals surface area contributed by atoms with Crippen LogP contribution in [0.5, 0.6) is 5.75 Å². The van der Waals surface area contributed by atoms with E-state index in [9.17, 15) is 20.0 Å². The van der Waals surface area contributed by atoms with E-state index < -0.39 is 4.92 Å². The van der Waals surface area contributed by atoms with Crippen molar-refractivity contribution in [1.82, 2.24) is 5.32 Å². The summed E-state index contributed by atoms with van der Waals surface area (Å²) in [6.07, 6.45) is 0. The van der Waals surface area contributed by atoms with Gasteiger partial charge in [-0.1, -0.05) is 18.2 Å². The Morgan fingerprint density at radius 3 is 2.52 bits per heavy atom. The van der Waals surface area contributed by atoms with Gasteiger partial charge in [0.05, 0.1) is 11.5 Å². The van der Waals surface area contributed by atoms with Crippen molar-refractivity contribution in [3.63, 3.8) is 0 Å². The summed E-state index contributed by atoms with van der Waals surface area (Å²) >= 11 is 0. The van der Waals surface area contributed by atoms with Crippen LogP contribution in [0.2, 0.25) is 0 Å². The zero-order chi connectivity index (χ0) is 16.8. The largest absolute Gasteiger partial charge is 0.872 e. The van der Waals surface area contributed by atoms with Crippen LogP contribution in [0.4, 0.5) is 5.69 Å². The molecule has 2 aromatic carbocycles. The average Bonchev–Trinajstić information content (AvgIpc) is 2.54. The molecule has 2 aromatic rings. The number of carbonyl (C=O) groups excluding carboxylic acids is 1. The Bertz CT molecular complexity index is 713. The first-order valence-electron chi connectivity index (χ1n) is 6.81. The molecule has 0 radical (unpaired) electrons. The second-order valence-electron chi connectivity index (χ2n) is 4.86. The number of non-ortho nitro benzene ring substituents is 1. The lowest BCUT2D eigenvalue weighted by molar-refractivity contribution is -0.385. The Morgan fingerprint density at radius 2 is 1.91 bits per heavy atom. The van der Waals surface area contributed by atoms with Crippen molar-refractivity contribution in [3.8, 4) is 5.75 Å². The van der Waals surface area contributed by atoms with Gasteiger partial charge in [0.1, 0.15) is 0 Å². The molecular weight excluding hydrogens is 300 g/mol. The van der Waals surface area contributed by atoms with Crippen LogP contribution in [0.25, 0.3) is 0 Å². The van der Waals surface area contributed by atoms with Gasteiger partial charge in [0.25, 0.3) is 11.6 Å². The molecule has 2 rings (SSSR count). The van der Waals surface area contributed by atoms with Crippen LogP contribution in [-0.4, -0.2) is 17.9 Å². The monoisotopic (exact) mass is 315 g/mol. The van der Waals surface area contributed by atoms with Gasteiger partial charge >= 0.3 is 0 Å². The molecule has 0 unspecified atom stereocenters. The first-order valence-corrected chi connectivity index (χ1v) is 6.81. The molecule has 0 aliphatic carbocycles. The Labute approximate surface area is 132 Å². The zero-order valence-electron chi connectivity index (χ0n) is 12.4. The lowest BCUT2D eigenvalue weighted by Crippen LogP contribution is -2.23. The topological polar surface area (TPSA) is 105 Å². The minimum absolute atomic E-state index is 0.0703. The van der Waals surface area contributed by atoms with Crippen molar-refractivity contribution in [3.05, 3.63) is 69.3 Å². The van der Waals surface area contributed by atoms with Crippen LogP contribution in [-0.2, 0) is 17.9 Å². The highest BCUT2D eigenvalue weighted by Crippen LogP contribution is 2.20. The molecule has 1 amide bonds. The first-order chi connectivity index (χ1) is 11.0. The predicted molar refractivity (Wildman–Crippen MR) is 80.9 cm³/mol. The van der Waals surface area contributed by atoms with Crippen molar-refractivity contribution in [2.75, 3.05) is 7.11 Å².